The van der Waals surface area contributed by atoms with Crippen LogP contribution in [0.15, 0.2) is 12.4 Å². The number of rotatable bonds is 5. The topological polar surface area (TPSA) is 93.9 Å². The molecule has 1 fully saturated rings. The van der Waals surface area contributed by atoms with Crippen LogP contribution >= 0.6 is 0 Å². The molecule has 0 aromatic carbocycles. The van der Waals surface area contributed by atoms with Crippen LogP contribution in [0.25, 0.3) is 0 Å². The molecule has 1 saturated heterocycles. The van der Waals surface area contributed by atoms with Crippen molar-refractivity contribution in [3.8, 4) is 6.07 Å². The van der Waals surface area contributed by atoms with Crippen molar-refractivity contribution < 1.29 is 4.79 Å². The Balaban J connectivity index is 1.69. The van der Waals surface area contributed by atoms with E-state index in [1.165, 1.54) is 6.20 Å². The summed E-state index contributed by atoms with van der Waals surface area (Å²) in [7, 11) is 0. The third-order valence-electron chi connectivity index (χ3n) is 3.93. The predicted molar refractivity (Wildman–Crippen MR) is 92.3 cm³/mol. The van der Waals surface area contributed by atoms with Crippen LogP contribution in [0.4, 0.5) is 5.82 Å². The summed E-state index contributed by atoms with van der Waals surface area (Å²) in [6, 6.07) is 1.95. The van der Waals surface area contributed by atoms with E-state index in [4.69, 9.17) is 5.26 Å². The van der Waals surface area contributed by atoms with Crippen molar-refractivity contribution in [3.05, 3.63) is 18.1 Å². The van der Waals surface area contributed by atoms with Crippen LogP contribution in [-0.2, 0) is 4.79 Å². The Morgan fingerprint density at radius 1 is 1.33 bits per heavy atom. The maximum atomic E-state index is 12.0. The molecule has 0 bridgehead atoms. The molecule has 1 amide bonds. The molecule has 7 heteroatoms. The third-order valence-corrected chi connectivity index (χ3v) is 3.93. The van der Waals surface area contributed by atoms with Gasteiger partial charge in [-0.05, 0) is 52.6 Å². The summed E-state index contributed by atoms with van der Waals surface area (Å²) in [5.74, 6) is 1.34. The summed E-state index contributed by atoms with van der Waals surface area (Å²) < 4.78 is 0. The summed E-state index contributed by atoms with van der Waals surface area (Å²) in [4.78, 5) is 22.3. The van der Waals surface area contributed by atoms with Crippen LogP contribution in [0, 0.1) is 17.2 Å². The van der Waals surface area contributed by atoms with E-state index in [0.29, 0.717) is 24.0 Å². The molecule has 130 valence electrons. The summed E-state index contributed by atoms with van der Waals surface area (Å²) in [6.45, 7) is 9.16. The highest BCUT2D eigenvalue weighted by Gasteiger charge is 2.22. The van der Waals surface area contributed by atoms with Crippen molar-refractivity contribution in [3.63, 3.8) is 0 Å². The first-order valence-corrected chi connectivity index (χ1v) is 8.35. The monoisotopic (exact) mass is 330 g/mol. The van der Waals surface area contributed by atoms with Gasteiger partial charge < -0.3 is 10.6 Å². The Morgan fingerprint density at radius 3 is 2.58 bits per heavy atom. The average molecular weight is 330 g/mol. The lowest BCUT2D eigenvalue weighted by Gasteiger charge is -2.32. The molecular weight excluding hydrogens is 304 g/mol. The molecule has 2 heterocycles. The van der Waals surface area contributed by atoms with Gasteiger partial charge in [0.15, 0.2) is 5.69 Å². The van der Waals surface area contributed by atoms with Gasteiger partial charge in [0.2, 0.25) is 5.91 Å². The van der Waals surface area contributed by atoms with Crippen molar-refractivity contribution in [2.45, 2.75) is 39.2 Å². The standard InChI is InChI=1S/C17H26N6O/c1-17(2,3)22-16(24)12-23-6-4-13(5-7-23)9-20-15-11-19-14(8-18)10-21-15/h10-11,13H,4-7,9,12H2,1-3H3,(H,20,21)(H,22,24). The van der Waals surface area contributed by atoms with E-state index in [1.54, 1.807) is 6.20 Å². The first-order chi connectivity index (χ1) is 11.4. The minimum Gasteiger partial charge on any atom is -0.369 e. The van der Waals surface area contributed by atoms with Crippen LogP contribution in [0.2, 0.25) is 0 Å². The fourth-order valence-electron chi connectivity index (χ4n) is 2.74. The van der Waals surface area contributed by atoms with Crippen LogP contribution in [-0.4, -0.2) is 52.5 Å². The summed E-state index contributed by atoms with van der Waals surface area (Å²) in [5.41, 5.74) is 0.143. The molecule has 1 aromatic heterocycles. The van der Waals surface area contributed by atoms with E-state index in [-0.39, 0.29) is 11.4 Å². The molecule has 1 aliphatic heterocycles. The third kappa shape index (κ3) is 6.13. The van der Waals surface area contributed by atoms with E-state index < -0.39 is 0 Å². The average Bonchev–Trinajstić information content (AvgIpc) is 2.53. The SMILES string of the molecule is CC(C)(C)NC(=O)CN1CCC(CNc2cnc(C#N)cn2)CC1. The smallest absolute Gasteiger partial charge is 0.234 e. The molecule has 0 saturated carbocycles. The Bertz CT molecular complexity index is 579. The lowest BCUT2D eigenvalue weighted by Crippen LogP contribution is -2.47. The van der Waals surface area contributed by atoms with Crippen molar-refractivity contribution in [2.24, 2.45) is 5.92 Å². The maximum absolute atomic E-state index is 12.0. The number of carbonyl (C=O) groups excluding carboxylic acids is 1. The molecular formula is C17H26N6O. The molecule has 0 radical (unpaired) electrons. The second kappa shape index (κ2) is 8.06. The number of nitrogens with one attached hydrogen (secondary N) is 2. The fraction of sp³-hybridized carbons (Fsp3) is 0.647. The molecule has 0 aliphatic carbocycles. The Morgan fingerprint density at radius 2 is 2.04 bits per heavy atom. The first-order valence-electron chi connectivity index (χ1n) is 8.35. The van der Waals surface area contributed by atoms with Crippen molar-refractivity contribution in [1.29, 1.82) is 5.26 Å². The summed E-state index contributed by atoms with van der Waals surface area (Å²) >= 11 is 0. The summed E-state index contributed by atoms with van der Waals surface area (Å²) in [5, 5.41) is 15.0. The van der Waals surface area contributed by atoms with Crippen molar-refractivity contribution >= 4 is 11.7 Å². The zero-order chi connectivity index (χ0) is 17.6. The fourth-order valence-corrected chi connectivity index (χ4v) is 2.74. The second-order valence-electron chi connectivity index (χ2n) is 7.30. The minimum absolute atomic E-state index is 0.0898. The molecule has 2 rings (SSSR count). The quantitative estimate of drug-likeness (QED) is 0.847. The molecule has 0 spiro atoms. The van der Waals surface area contributed by atoms with Gasteiger partial charge in [0.1, 0.15) is 11.9 Å². The lowest BCUT2D eigenvalue weighted by molar-refractivity contribution is -0.124. The van der Waals surface area contributed by atoms with E-state index in [1.807, 2.05) is 26.8 Å². The second-order valence-corrected chi connectivity index (χ2v) is 7.30. The van der Waals surface area contributed by atoms with Gasteiger partial charge in [0.05, 0.1) is 18.9 Å². The number of anilines is 1. The number of aromatic nitrogens is 2. The maximum Gasteiger partial charge on any atom is 0.234 e. The molecule has 2 N–H and O–H groups in total. The summed E-state index contributed by atoms with van der Waals surface area (Å²) in [6.07, 6.45) is 5.17. The van der Waals surface area contributed by atoms with Crippen LogP contribution in [0.3, 0.4) is 0 Å². The molecule has 0 unspecified atom stereocenters. The minimum atomic E-state index is -0.179. The number of nitriles is 1. The largest absolute Gasteiger partial charge is 0.369 e. The highest BCUT2D eigenvalue weighted by Crippen LogP contribution is 2.17. The van der Waals surface area contributed by atoms with Gasteiger partial charge in [-0.2, -0.15) is 5.26 Å². The molecule has 24 heavy (non-hydrogen) atoms. The van der Waals surface area contributed by atoms with Gasteiger partial charge in [-0.3, -0.25) is 9.69 Å². The van der Waals surface area contributed by atoms with Gasteiger partial charge in [-0.1, -0.05) is 0 Å². The van der Waals surface area contributed by atoms with Gasteiger partial charge in [-0.25, -0.2) is 9.97 Å². The number of piperidine rings is 1. The van der Waals surface area contributed by atoms with Gasteiger partial charge in [0, 0.05) is 12.1 Å². The predicted octanol–water partition coefficient (Wildman–Crippen LogP) is 1.39. The van der Waals surface area contributed by atoms with Crippen molar-refractivity contribution in [1.82, 2.24) is 20.2 Å². The van der Waals surface area contributed by atoms with Gasteiger partial charge >= 0.3 is 0 Å². The number of likely N-dealkylation sites (tertiary alicyclic amines) is 1. The van der Waals surface area contributed by atoms with Crippen LogP contribution in [0.5, 0.6) is 0 Å². The molecule has 7 nitrogen and oxygen atoms in total. The van der Waals surface area contributed by atoms with Crippen LogP contribution in [0.1, 0.15) is 39.3 Å². The lowest BCUT2D eigenvalue weighted by atomic mass is 9.97. The highest BCUT2D eigenvalue weighted by atomic mass is 16.2. The Hall–Kier alpha value is -2.20. The van der Waals surface area contributed by atoms with E-state index in [9.17, 15) is 4.79 Å². The number of amides is 1. The molecule has 0 atom stereocenters. The number of hydrogen-bond acceptors (Lipinski definition) is 6. The molecule has 1 aliphatic rings. The van der Waals surface area contributed by atoms with E-state index in [0.717, 1.165) is 32.5 Å². The highest BCUT2D eigenvalue weighted by molar-refractivity contribution is 5.78. The Labute approximate surface area is 143 Å². The number of carbonyl (C=O) groups is 1. The van der Waals surface area contributed by atoms with Gasteiger partial charge in [0.25, 0.3) is 0 Å². The Kier molecular flexibility index (Phi) is 6.10. The first kappa shape index (κ1) is 18.1. The number of nitrogens with zero attached hydrogens (tertiary/aromatic N) is 4. The zero-order valence-corrected chi connectivity index (χ0v) is 14.7. The zero-order valence-electron chi connectivity index (χ0n) is 14.7. The van der Waals surface area contributed by atoms with Crippen LogP contribution < -0.4 is 10.6 Å². The normalized spacial score (nSPS) is 16.4. The van der Waals surface area contributed by atoms with E-state index in [2.05, 4.69) is 25.5 Å². The number of hydrogen-bond donors (Lipinski definition) is 2. The molecule has 1 aromatic rings. The van der Waals surface area contributed by atoms with Crippen molar-refractivity contribution in [2.75, 3.05) is 31.5 Å². The van der Waals surface area contributed by atoms with E-state index >= 15 is 0 Å². The van der Waals surface area contributed by atoms with Gasteiger partial charge in [-0.15, -0.1) is 0 Å².